The van der Waals surface area contributed by atoms with Gasteiger partial charge in [0.2, 0.25) is 10.0 Å². The molecule has 0 bridgehead atoms. The van der Waals surface area contributed by atoms with E-state index in [0.717, 1.165) is 17.7 Å². The van der Waals surface area contributed by atoms with Crippen LogP contribution in [0, 0.1) is 12.8 Å². The van der Waals surface area contributed by atoms with Crippen LogP contribution in [0.5, 0.6) is 5.75 Å². The summed E-state index contributed by atoms with van der Waals surface area (Å²) in [4.78, 5) is 0.327. The second kappa shape index (κ2) is 6.34. The van der Waals surface area contributed by atoms with E-state index < -0.39 is 10.0 Å². The molecule has 1 heterocycles. The van der Waals surface area contributed by atoms with E-state index in [-0.39, 0.29) is 12.0 Å². The fourth-order valence-corrected chi connectivity index (χ4v) is 4.65. The van der Waals surface area contributed by atoms with E-state index in [4.69, 9.17) is 10.5 Å². The van der Waals surface area contributed by atoms with Crippen molar-refractivity contribution in [3.05, 3.63) is 23.8 Å². The largest absolute Gasteiger partial charge is 0.494 e. The van der Waals surface area contributed by atoms with E-state index in [1.54, 1.807) is 22.5 Å². The highest BCUT2D eigenvalue weighted by molar-refractivity contribution is 7.89. The Morgan fingerprint density at radius 3 is 2.67 bits per heavy atom. The molecule has 1 saturated heterocycles. The predicted octanol–water partition coefficient (Wildman–Crippen LogP) is 1.75. The van der Waals surface area contributed by atoms with Crippen molar-refractivity contribution in [2.45, 2.75) is 38.1 Å². The molecule has 2 atom stereocenters. The molecule has 6 heteroatoms. The van der Waals surface area contributed by atoms with Gasteiger partial charge in [-0.05, 0) is 63.4 Å². The van der Waals surface area contributed by atoms with E-state index in [9.17, 15) is 8.42 Å². The lowest BCUT2D eigenvalue weighted by Gasteiger charge is -2.21. The average Bonchev–Trinajstić information content (AvgIpc) is 2.83. The summed E-state index contributed by atoms with van der Waals surface area (Å²) < 4.78 is 32.6. The molecule has 2 rings (SSSR count). The zero-order chi connectivity index (χ0) is 15.6. The molecule has 118 valence electrons. The van der Waals surface area contributed by atoms with Gasteiger partial charge < -0.3 is 10.5 Å². The van der Waals surface area contributed by atoms with Crippen LogP contribution in [0.1, 0.15) is 25.8 Å². The summed E-state index contributed by atoms with van der Waals surface area (Å²) >= 11 is 0. The molecule has 0 spiro atoms. The van der Waals surface area contributed by atoms with Crippen molar-refractivity contribution in [1.29, 1.82) is 0 Å². The van der Waals surface area contributed by atoms with Crippen LogP contribution in [0.15, 0.2) is 23.1 Å². The van der Waals surface area contributed by atoms with Crippen molar-refractivity contribution in [3.8, 4) is 5.75 Å². The van der Waals surface area contributed by atoms with Crippen LogP contribution in [0.3, 0.4) is 0 Å². The Hall–Kier alpha value is -1.11. The van der Waals surface area contributed by atoms with E-state index in [0.29, 0.717) is 24.6 Å². The molecule has 0 amide bonds. The molecule has 0 saturated carbocycles. The molecule has 2 N–H and O–H groups in total. The summed E-state index contributed by atoms with van der Waals surface area (Å²) in [7, 11) is -3.46. The minimum absolute atomic E-state index is 0.00424. The lowest BCUT2D eigenvalue weighted by atomic mass is 10.1. The molecule has 5 nitrogen and oxygen atoms in total. The van der Waals surface area contributed by atoms with Crippen molar-refractivity contribution in [2.24, 2.45) is 11.7 Å². The molecule has 1 aromatic rings. The summed E-state index contributed by atoms with van der Waals surface area (Å²) in [5.74, 6) is 0.976. The number of aryl methyl sites for hydroxylation is 1. The summed E-state index contributed by atoms with van der Waals surface area (Å²) in [6.07, 6.45) is 0.825. The van der Waals surface area contributed by atoms with Gasteiger partial charge in [-0.1, -0.05) is 0 Å². The molecule has 1 aliphatic rings. The van der Waals surface area contributed by atoms with Gasteiger partial charge in [0.25, 0.3) is 0 Å². The molecule has 1 aliphatic heterocycles. The lowest BCUT2D eigenvalue weighted by Crippen LogP contribution is -2.34. The maximum Gasteiger partial charge on any atom is 0.243 e. The van der Waals surface area contributed by atoms with Crippen molar-refractivity contribution in [1.82, 2.24) is 4.31 Å². The molecule has 2 unspecified atom stereocenters. The van der Waals surface area contributed by atoms with E-state index in [1.165, 1.54) is 0 Å². The van der Waals surface area contributed by atoms with E-state index in [1.807, 2.05) is 20.8 Å². The van der Waals surface area contributed by atoms with Gasteiger partial charge in [-0.2, -0.15) is 4.31 Å². The van der Waals surface area contributed by atoms with Crippen molar-refractivity contribution < 1.29 is 13.2 Å². The molecule has 21 heavy (non-hydrogen) atoms. The van der Waals surface area contributed by atoms with Crippen LogP contribution in [0.4, 0.5) is 0 Å². The first-order chi connectivity index (χ1) is 9.90. The fraction of sp³-hybridized carbons (Fsp3) is 0.600. The molecular weight excluding hydrogens is 288 g/mol. The van der Waals surface area contributed by atoms with Crippen molar-refractivity contribution in [2.75, 3.05) is 19.7 Å². The predicted molar refractivity (Wildman–Crippen MR) is 82.9 cm³/mol. The number of benzene rings is 1. The molecule has 0 radical (unpaired) electrons. The van der Waals surface area contributed by atoms with Crippen LogP contribution >= 0.6 is 0 Å². The van der Waals surface area contributed by atoms with Gasteiger partial charge in [0.05, 0.1) is 11.5 Å². The standard InChI is InChI=1S/C15H24N2O3S/c1-4-20-15-6-5-14(7-11(15)2)21(18,19)17-10-13(9-16)8-12(17)3/h5-7,12-13H,4,8-10,16H2,1-3H3. The number of hydrogen-bond acceptors (Lipinski definition) is 4. The molecule has 0 aromatic heterocycles. The van der Waals surface area contributed by atoms with Crippen LogP contribution in [0.2, 0.25) is 0 Å². The highest BCUT2D eigenvalue weighted by atomic mass is 32.2. The first-order valence-corrected chi connectivity index (χ1v) is 8.79. The molecule has 0 aliphatic carbocycles. The van der Waals surface area contributed by atoms with Gasteiger partial charge in [0.1, 0.15) is 5.75 Å². The Morgan fingerprint density at radius 2 is 2.14 bits per heavy atom. The summed E-state index contributed by atoms with van der Waals surface area (Å²) in [6.45, 7) is 7.30. The second-order valence-corrected chi connectivity index (χ2v) is 7.51. The number of nitrogens with two attached hydrogens (primary N) is 1. The summed E-state index contributed by atoms with van der Waals surface area (Å²) in [6, 6.07) is 5.03. The summed E-state index contributed by atoms with van der Waals surface area (Å²) in [5.41, 5.74) is 6.51. The van der Waals surface area contributed by atoms with Gasteiger partial charge in [-0.3, -0.25) is 0 Å². The first kappa shape index (κ1) is 16.3. The van der Waals surface area contributed by atoms with Gasteiger partial charge in [0, 0.05) is 12.6 Å². The van der Waals surface area contributed by atoms with Crippen LogP contribution in [-0.2, 0) is 10.0 Å². The fourth-order valence-electron chi connectivity index (χ4n) is 2.85. The highest BCUT2D eigenvalue weighted by Crippen LogP contribution is 2.30. The number of ether oxygens (including phenoxy) is 1. The Kier molecular flexibility index (Phi) is 4.91. The zero-order valence-corrected chi connectivity index (χ0v) is 13.7. The molecule has 1 fully saturated rings. The van der Waals surface area contributed by atoms with Crippen molar-refractivity contribution in [3.63, 3.8) is 0 Å². The van der Waals surface area contributed by atoms with Gasteiger partial charge in [-0.25, -0.2) is 8.42 Å². The summed E-state index contributed by atoms with van der Waals surface area (Å²) in [5, 5.41) is 0. The Bertz CT molecular complexity index is 601. The Morgan fingerprint density at radius 1 is 1.43 bits per heavy atom. The number of nitrogens with zero attached hydrogens (tertiary/aromatic N) is 1. The third-order valence-corrected chi connectivity index (χ3v) is 5.97. The van der Waals surface area contributed by atoms with Crippen LogP contribution in [0.25, 0.3) is 0 Å². The highest BCUT2D eigenvalue weighted by Gasteiger charge is 2.37. The number of rotatable bonds is 5. The number of sulfonamides is 1. The molecular formula is C15H24N2O3S. The van der Waals surface area contributed by atoms with Crippen molar-refractivity contribution >= 4 is 10.0 Å². The third kappa shape index (κ3) is 3.22. The normalized spacial score (nSPS) is 23.4. The molecule has 1 aromatic carbocycles. The SMILES string of the molecule is CCOc1ccc(S(=O)(=O)N2CC(CN)CC2C)cc1C. The smallest absolute Gasteiger partial charge is 0.243 e. The van der Waals surface area contributed by atoms with E-state index >= 15 is 0 Å². The topological polar surface area (TPSA) is 72.6 Å². The van der Waals surface area contributed by atoms with Crippen LogP contribution < -0.4 is 10.5 Å². The lowest BCUT2D eigenvalue weighted by molar-refractivity contribution is 0.337. The average molecular weight is 312 g/mol. The van der Waals surface area contributed by atoms with Gasteiger partial charge >= 0.3 is 0 Å². The zero-order valence-electron chi connectivity index (χ0n) is 12.9. The maximum absolute atomic E-state index is 12.8. The quantitative estimate of drug-likeness (QED) is 0.899. The minimum Gasteiger partial charge on any atom is -0.494 e. The van der Waals surface area contributed by atoms with E-state index in [2.05, 4.69) is 0 Å². The Labute approximate surface area is 127 Å². The van der Waals surface area contributed by atoms with Crippen LogP contribution in [-0.4, -0.2) is 38.5 Å². The first-order valence-electron chi connectivity index (χ1n) is 7.35. The second-order valence-electron chi connectivity index (χ2n) is 5.62. The monoisotopic (exact) mass is 312 g/mol. The third-order valence-electron chi connectivity index (χ3n) is 3.99. The van der Waals surface area contributed by atoms with Gasteiger partial charge in [0.15, 0.2) is 0 Å². The Balaban J connectivity index is 2.30. The van der Waals surface area contributed by atoms with Gasteiger partial charge in [-0.15, -0.1) is 0 Å². The minimum atomic E-state index is -3.46. The maximum atomic E-state index is 12.8. The number of hydrogen-bond donors (Lipinski definition) is 1.